The molecule has 10 atom stereocenters. The quantitative estimate of drug-likeness (QED) is 0.0813. The van der Waals surface area contributed by atoms with Gasteiger partial charge in [0.1, 0.15) is 24.4 Å². The Morgan fingerprint density at radius 2 is 1.08 bits per heavy atom. The van der Waals surface area contributed by atoms with Gasteiger partial charge in [-0.3, -0.25) is 29.4 Å². The number of carbonyl (C=O) groups excluding carboxylic acids is 2. The number of halogens is 4. The van der Waals surface area contributed by atoms with Crippen molar-refractivity contribution in [2.24, 2.45) is 21.8 Å². The molecule has 4 aromatic rings. The maximum atomic E-state index is 15.6. The van der Waals surface area contributed by atoms with Crippen LogP contribution < -0.4 is 10.6 Å². The minimum absolute atomic E-state index is 0.136. The van der Waals surface area contributed by atoms with E-state index in [1.165, 1.54) is 22.7 Å². The number of thiazole rings is 2. The van der Waals surface area contributed by atoms with Gasteiger partial charge in [-0.2, -0.15) is 0 Å². The number of amidine groups is 2. The first-order valence-corrected chi connectivity index (χ1v) is 27.4. The zero-order valence-corrected chi connectivity index (χ0v) is 44.5. The van der Waals surface area contributed by atoms with Gasteiger partial charge >= 0.3 is 23.9 Å². The predicted molar refractivity (Wildman–Crippen MR) is 280 cm³/mol. The van der Waals surface area contributed by atoms with Crippen LogP contribution in [0, 0.1) is 11.8 Å². The molecule has 4 bridgehead atoms. The van der Waals surface area contributed by atoms with Crippen LogP contribution in [0.2, 0.25) is 10.0 Å². The van der Waals surface area contributed by atoms with Gasteiger partial charge in [0.2, 0.25) is 0 Å². The molecule has 0 saturated carbocycles. The summed E-state index contributed by atoms with van der Waals surface area (Å²) in [7, 11) is 0. The summed E-state index contributed by atoms with van der Waals surface area (Å²) in [6.07, 6.45) is 0.789. The average molecular weight is 1130 g/mol. The molecular weight excluding hydrogens is 1070 g/mol. The SMILES string of the molecule is CCOC(=O)C1=C(CN2[C@@H]3COC[C@H]2[C@H](F)[C@@H](CC(=O)O)C3)NC(c2nccs2)=N[C@H]1c1ccccc1Cl.CCOC(=O)C1=C(CN2[C@H]3COC[C@@H]2[C@@H](F)[C@H](CC(=O)O)C3)NC(c2nccs2)=N[C@H]1c1ccccc1Cl. The number of nitrogens with zero attached hydrogens (tertiary/aromatic N) is 6. The monoisotopic (exact) mass is 1120 g/mol. The van der Waals surface area contributed by atoms with Crippen LogP contribution >= 0.6 is 45.9 Å². The normalized spacial score (nSPS) is 27.4. The number of alkyl halides is 2. The van der Waals surface area contributed by atoms with Gasteiger partial charge in [-0.15, -0.1) is 22.7 Å². The third-order valence-corrected chi connectivity index (χ3v) is 16.5. The van der Waals surface area contributed by atoms with Crippen molar-refractivity contribution in [2.75, 3.05) is 52.7 Å². The minimum atomic E-state index is -1.38. The Morgan fingerprint density at radius 3 is 1.43 bits per heavy atom. The summed E-state index contributed by atoms with van der Waals surface area (Å²) in [6.45, 7) is 5.15. The number of carbonyl (C=O) groups is 4. The second-order valence-electron chi connectivity index (χ2n) is 18.9. The highest BCUT2D eigenvalue weighted by Gasteiger charge is 2.50. The number of aromatic nitrogens is 2. The average Bonchev–Trinajstić information content (AvgIpc) is 4.16. The standard InChI is InChI=1S/2C26H28ClFN4O5S/c2*1-2-37-26(35)21-18(11-32-15-9-14(10-20(33)34)22(28)19(32)13-36-12-15)30-24(25-29-7-8-38-25)31-23(21)16-5-3-4-6-17(16)27/h2*3-8,14-15,19,22-23H,2,9-13H2,1H3,(H,30,31)(H,33,34)/t14-,15+,19+,22-,23+;14-,15+,19+,22-,23-/m10/s1. The molecule has 10 rings (SSSR count). The zero-order chi connectivity index (χ0) is 53.6. The minimum Gasteiger partial charge on any atom is -0.481 e. The third-order valence-electron chi connectivity index (χ3n) is 14.2. The van der Waals surface area contributed by atoms with Crippen LogP contribution in [-0.4, -0.2) is 155 Å². The second kappa shape index (κ2) is 24.7. The molecule has 24 heteroatoms. The first-order chi connectivity index (χ1) is 36.7. The largest absolute Gasteiger partial charge is 0.481 e. The van der Waals surface area contributed by atoms with E-state index in [0.717, 1.165) is 0 Å². The molecule has 0 spiro atoms. The topological polar surface area (TPSA) is 227 Å². The van der Waals surface area contributed by atoms with E-state index in [4.69, 9.17) is 52.1 Å². The van der Waals surface area contributed by atoms with Gasteiger partial charge in [-0.1, -0.05) is 59.6 Å². The Labute approximate surface area is 454 Å². The van der Waals surface area contributed by atoms with Crippen molar-refractivity contribution >= 4 is 81.4 Å². The van der Waals surface area contributed by atoms with E-state index >= 15 is 8.78 Å². The number of hydrogen-bond acceptors (Lipinski definition) is 18. The molecule has 4 saturated heterocycles. The lowest BCUT2D eigenvalue weighted by atomic mass is 9.81. The van der Waals surface area contributed by atoms with E-state index in [1.807, 2.05) is 44.8 Å². The lowest BCUT2D eigenvalue weighted by Crippen LogP contribution is -2.63. The molecule has 76 heavy (non-hydrogen) atoms. The Hall–Kier alpha value is -5.72. The van der Waals surface area contributed by atoms with E-state index in [1.54, 1.807) is 50.5 Å². The number of morpholine rings is 2. The summed E-state index contributed by atoms with van der Waals surface area (Å²) in [5.74, 6) is -3.34. The molecule has 404 valence electrons. The van der Waals surface area contributed by atoms with Crippen LogP contribution in [0.15, 0.2) is 104 Å². The fraction of sp³-hybridized carbons (Fsp3) is 0.462. The number of hydrogen-bond donors (Lipinski definition) is 4. The van der Waals surface area contributed by atoms with Crippen molar-refractivity contribution in [1.82, 2.24) is 30.4 Å². The smallest absolute Gasteiger partial charge is 0.338 e. The Bertz CT molecular complexity index is 2700. The number of rotatable bonds is 16. The van der Waals surface area contributed by atoms with Crippen molar-refractivity contribution in [1.29, 1.82) is 0 Å². The summed E-state index contributed by atoms with van der Waals surface area (Å²) >= 11 is 15.9. The van der Waals surface area contributed by atoms with Crippen LogP contribution in [0.5, 0.6) is 0 Å². The van der Waals surface area contributed by atoms with Crippen LogP contribution in [0.25, 0.3) is 0 Å². The lowest BCUT2D eigenvalue weighted by Gasteiger charge is -2.50. The van der Waals surface area contributed by atoms with Crippen molar-refractivity contribution in [3.05, 3.63) is 125 Å². The molecule has 0 amide bonds. The van der Waals surface area contributed by atoms with Gasteiger partial charge in [0.05, 0.1) is 75.7 Å². The highest BCUT2D eigenvalue weighted by Crippen LogP contribution is 2.42. The van der Waals surface area contributed by atoms with Crippen LogP contribution in [0.1, 0.15) is 72.8 Å². The molecule has 4 fully saturated rings. The Balaban J connectivity index is 0.000000186. The number of ether oxygens (including phenoxy) is 4. The summed E-state index contributed by atoms with van der Waals surface area (Å²) in [6, 6.07) is 11.1. The van der Waals surface area contributed by atoms with Crippen LogP contribution in [-0.2, 0) is 38.1 Å². The van der Waals surface area contributed by atoms with E-state index in [-0.39, 0.29) is 64.4 Å². The van der Waals surface area contributed by atoms with E-state index in [2.05, 4.69) is 20.6 Å². The van der Waals surface area contributed by atoms with Gasteiger partial charge in [0, 0.05) is 92.7 Å². The lowest BCUT2D eigenvalue weighted by molar-refractivity contribution is -0.147. The van der Waals surface area contributed by atoms with Crippen LogP contribution in [0.3, 0.4) is 0 Å². The van der Waals surface area contributed by atoms with Crippen molar-refractivity contribution in [3.8, 4) is 0 Å². The Morgan fingerprint density at radius 1 is 0.671 bits per heavy atom. The number of benzene rings is 2. The molecule has 18 nitrogen and oxygen atoms in total. The summed E-state index contributed by atoms with van der Waals surface area (Å²) in [5, 5.41) is 31.0. The molecule has 6 aliphatic heterocycles. The molecule has 0 unspecified atom stereocenters. The predicted octanol–water partition coefficient (Wildman–Crippen LogP) is 7.21. The second-order valence-corrected chi connectivity index (χ2v) is 21.5. The number of nitrogens with one attached hydrogen (secondary N) is 2. The number of aliphatic carboxylic acids is 2. The number of carboxylic acid groups (broad SMARTS) is 2. The highest BCUT2D eigenvalue weighted by molar-refractivity contribution is 7.12. The maximum absolute atomic E-state index is 15.6. The summed E-state index contributed by atoms with van der Waals surface area (Å²) in [5.41, 5.74) is 2.91. The first-order valence-electron chi connectivity index (χ1n) is 24.9. The number of aliphatic imine (C=N–C) groups is 2. The van der Waals surface area contributed by atoms with Crippen molar-refractivity contribution < 1.29 is 57.1 Å². The number of fused-ring (bicyclic) bond motifs is 4. The third kappa shape index (κ3) is 12.0. The molecule has 6 aliphatic rings. The zero-order valence-electron chi connectivity index (χ0n) is 41.4. The molecule has 2 aromatic heterocycles. The van der Waals surface area contributed by atoms with Gasteiger partial charge in [0.15, 0.2) is 21.7 Å². The van der Waals surface area contributed by atoms with Crippen molar-refractivity contribution in [3.63, 3.8) is 0 Å². The fourth-order valence-corrected chi connectivity index (χ4v) is 12.6. The number of carboxylic acids is 2. The van der Waals surface area contributed by atoms with E-state index < -0.39 is 72.2 Å². The molecule has 8 heterocycles. The van der Waals surface area contributed by atoms with Crippen molar-refractivity contribution in [2.45, 2.75) is 88.1 Å². The summed E-state index contributed by atoms with van der Waals surface area (Å²) in [4.78, 5) is 71.9. The first kappa shape index (κ1) is 55.0. The molecule has 0 radical (unpaired) electrons. The van der Waals surface area contributed by atoms with E-state index in [0.29, 0.717) is 91.5 Å². The number of esters is 2. The fourth-order valence-electron chi connectivity index (χ4n) is 10.9. The molecule has 4 N–H and O–H groups in total. The Kier molecular flexibility index (Phi) is 17.9. The van der Waals surface area contributed by atoms with Gasteiger partial charge < -0.3 is 39.8 Å². The number of piperidine rings is 2. The van der Waals surface area contributed by atoms with Gasteiger partial charge in [-0.25, -0.2) is 28.3 Å². The molecule has 2 aromatic carbocycles. The molecule has 0 aliphatic carbocycles. The van der Waals surface area contributed by atoms with Crippen LogP contribution in [0.4, 0.5) is 8.78 Å². The maximum Gasteiger partial charge on any atom is 0.338 e. The van der Waals surface area contributed by atoms with Gasteiger partial charge in [-0.05, 0) is 38.8 Å². The van der Waals surface area contributed by atoms with E-state index in [9.17, 15) is 29.4 Å². The summed E-state index contributed by atoms with van der Waals surface area (Å²) < 4.78 is 53.4. The highest BCUT2D eigenvalue weighted by atomic mass is 35.5. The van der Waals surface area contributed by atoms with Gasteiger partial charge in [0.25, 0.3) is 0 Å². The molecular formula is C52H56Cl2F2N8O10S2.